The Morgan fingerprint density at radius 1 is 1.33 bits per heavy atom. The molecular formula is C9H21NO2. The summed E-state index contributed by atoms with van der Waals surface area (Å²) in [5.74, 6) is 0. The van der Waals surface area contributed by atoms with Crippen molar-refractivity contribution in [1.29, 1.82) is 0 Å². The molecule has 0 rings (SSSR count). The molecule has 0 saturated heterocycles. The fraction of sp³-hybridized carbons (Fsp3) is 1.00. The Balaban J connectivity index is 3.19. The topological polar surface area (TPSA) is 41.5 Å². The Bertz CT molecular complexity index is 105. The first-order valence-electron chi connectivity index (χ1n) is 4.58. The number of hydrogen-bond donors (Lipinski definition) is 2. The molecule has 0 radical (unpaired) electrons. The van der Waals surface area contributed by atoms with E-state index >= 15 is 0 Å². The molecule has 3 heteroatoms. The van der Waals surface area contributed by atoms with Gasteiger partial charge in [0.05, 0.1) is 18.8 Å². The molecule has 12 heavy (non-hydrogen) atoms. The molecular weight excluding hydrogens is 154 g/mol. The summed E-state index contributed by atoms with van der Waals surface area (Å²) in [5.41, 5.74) is -0.0130. The van der Waals surface area contributed by atoms with Gasteiger partial charge in [-0.25, -0.2) is 0 Å². The molecule has 0 fully saturated rings. The second-order valence-electron chi connectivity index (χ2n) is 3.44. The third-order valence-corrected chi connectivity index (χ3v) is 1.91. The first-order valence-corrected chi connectivity index (χ1v) is 4.58. The van der Waals surface area contributed by atoms with Crippen LogP contribution in [0.25, 0.3) is 0 Å². The van der Waals surface area contributed by atoms with Gasteiger partial charge in [0.25, 0.3) is 0 Å². The van der Waals surface area contributed by atoms with Crippen LogP contribution < -0.4 is 5.32 Å². The average Bonchev–Trinajstić information content (AvgIpc) is 2.04. The van der Waals surface area contributed by atoms with E-state index in [4.69, 9.17) is 9.84 Å². The summed E-state index contributed by atoms with van der Waals surface area (Å²) >= 11 is 0. The maximum Gasteiger partial charge on any atom is 0.0624 e. The van der Waals surface area contributed by atoms with Gasteiger partial charge in [0.15, 0.2) is 0 Å². The largest absolute Gasteiger partial charge is 0.395 e. The van der Waals surface area contributed by atoms with Crippen molar-refractivity contribution in [1.82, 2.24) is 5.32 Å². The van der Waals surface area contributed by atoms with E-state index in [1.165, 1.54) is 0 Å². The van der Waals surface area contributed by atoms with Crippen LogP contribution in [0.2, 0.25) is 0 Å². The van der Waals surface area contributed by atoms with Crippen molar-refractivity contribution in [3.8, 4) is 0 Å². The summed E-state index contributed by atoms with van der Waals surface area (Å²) in [7, 11) is 0. The van der Waals surface area contributed by atoms with Gasteiger partial charge in [0.2, 0.25) is 0 Å². The third kappa shape index (κ3) is 6.58. The highest BCUT2D eigenvalue weighted by Crippen LogP contribution is 2.12. The molecule has 2 N–H and O–H groups in total. The van der Waals surface area contributed by atoms with Crippen LogP contribution in [0.15, 0.2) is 0 Å². The van der Waals surface area contributed by atoms with Crippen molar-refractivity contribution in [2.24, 2.45) is 0 Å². The molecule has 0 aromatic rings. The van der Waals surface area contributed by atoms with Gasteiger partial charge in [0, 0.05) is 13.1 Å². The predicted octanol–water partition coefficient (Wildman–Crippen LogP) is 0.774. The highest BCUT2D eigenvalue weighted by Gasteiger charge is 2.13. The molecule has 0 bridgehead atoms. The molecule has 0 heterocycles. The zero-order valence-corrected chi connectivity index (χ0v) is 8.39. The van der Waals surface area contributed by atoms with Crippen LogP contribution in [0, 0.1) is 0 Å². The normalized spacial score (nSPS) is 12.0. The van der Waals surface area contributed by atoms with E-state index in [-0.39, 0.29) is 12.2 Å². The molecule has 0 aliphatic carbocycles. The minimum absolute atomic E-state index is 0.0130. The van der Waals surface area contributed by atoms with Crippen molar-refractivity contribution in [3.05, 3.63) is 0 Å². The summed E-state index contributed by atoms with van der Waals surface area (Å²) in [6, 6.07) is 0. The maximum absolute atomic E-state index is 8.47. The molecule has 0 aliphatic heterocycles. The van der Waals surface area contributed by atoms with E-state index in [0.717, 1.165) is 13.0 Å². The van der Waals surface area contributed by atoms with Gasteiger partial charge in [0.1, 0.15) is 0 Å². The molecule has 74 valence electrons. The Labute approximate surface area is 75.1 Å². The van der Waals surface area contributed by atoms with Gasteiger partial charge >= 0.3 is 0 Å². The van der Waals surface area contributed by atoms with Crippen molar-refractivity contribution < 1.29 is 9.84 Å². The van der Waals surface area contributed by atoms with Crippen LogP contribution >= 0.6 is 0 Å². The average molecular weight is 175 g/mol. The summed E-state index contributed by atoms with van der Waals surface area (Å²) < 4.78 is 5.58. The highest BCUT2D eigenvalue weighted by molar-refractivity contribution is 4.65. The van der Waals surface area contributed by atoms with E-state index < -0.39 is 0 Å². The van der Waals surface area contributed by atoms with Crippen molar-refractivity contribution >= 4 is 0 Å². The number of rotatable bonds is 7. The molecule has 0 aliphatic rings. The van der Waals surface area contributed by atoms with Gasteiger partial charge in [-0.15, -0.1) is 0 Å². The van der Waals surface area contributed by atoms with Gasteiger partial charge in [-0.2, -0.15) is 0 Å². The van der Waals surface area contributed by atoms with E-state index in [1.54, 1.807) is 0 Å². The van der Waals surface area contributed by atoms with E-state index in [0.29, 0.717) is 13.2 Å². The lowest BCUT2D eigenvalue weighted by molar-refractivity contribution is -0.0181. The van der Waals surface area contributed by atoms with Crippen LogP contribution in [-0.4, -0.2) is 37.0 Å². The number of nitrogens with one attached hydrogen (secondary N) is 1. The molecule has 0 atom stereocenters. The lowest BCUT2D eigenvalue weighted by atomic mass is 10.1. The summed E-state index contributed by atoms with van der Waals surface area (Å²) in [6.07, 6.45) is 1.02. The van der Waals surface area contributed by atoms with Gasteiger partial charge in [-0.3, -0.25) is 0 Å². The van der Waals surface area contributed by atoms with Crippen LogP contribution in [0.4, 0.5) is 0 Å². The monoisotopic (exact) mass is 175 g/mol. The van der Waals surface area contributed by atoms with Gasteiger partial charge in [-0.05, 0) is 20.3 Å². The lowest BCUT2D eigenvalue weighted by Gasteiger charge is -2.23. The van der Waals surface area contributed by atoms with Crippen molar-refractivity contribution in [2.45, 2.75) is 32.8 Å². The highest BCUT2D eigenvalue weighted by atomic mass is 16.5. The zero-order chi connectivity index (χ0) is 9.45. The van der Waals surface area contributed by atoms with Crippen molar-refractivity contribution in [3.63, 3.8) is 0 Å². The minimum atomic E-state index is -0.0130. The van der Waals surface area contributed by atoms with Crippen LogP contribution in [0.1, 0.15) is 27.2 Å². The van der Waals surface area contributed by atoms with Crippen LogP contribution in [0.5, 0.6) is 0 Å². The Morgan fingerprint density at radius 2 is 2.00 bits per heavy atom. The molecule has 0 saturated carbocycles. The van der Waals surface area contributed by atoms with E-state index in [9.17, 15) is 0 Å². The van der Waals surface area contributed by atoms with E-state index in [1.807, 2.05) is 0 Å². The first kappa shape index (κ1) is 11.9. The third-order valence-electron chi connectivity index (χ3n) is 1.91. The second kappa shape index (κ2) is 6.40. The molecule has 0 spiro atoms. The Hall–Kier alpha value is -0.120. The molecule has 0 unspecified atom stereocenters. The fourth-order valence-electron chi connectivity index (χ4n) is 0.706. The van der Waals surface area contributed by atoms with Crippen LogP contribution in [-0.2, 0) is 4.74 Å². The number of hydrogen-bond acceptors (Lipinski definition) is 3. The van der Waals surface area contributed by atoms with Crippen molar-refractivity contribution in [2.75, 3.05) is 26.3 Å². The first-order chi connectivity index (χ1) is 5.62. The van der Waals surface area contributed by atoms with Gasteiger partial charge < -0.3 is 15.2 Å². The Kier molecular flexibility index (Phi) is 6.34. The minimum Gasteiger partial charge on any atom is -0.395 e. The smallest absolute Gasteiger partial charge is 0.0624 e. The quantitative estimate of drug-likeness (QED) is 0.562. The molecule has 0 aromatic carbocycles. The summed E-state index contributed by atoms with van der Waals surface area (Å²) in [5, 5.41) is 11.5. The zero-order valence-electron chi connectivity index (χ0n) is 8.39. The Morgan fingerprint density at radius 3 is 2.50 bits per heavy atom. The van der Waals surface area contributed by atoms with Gasteiger partial charge in [-0.1, -0.05) is 6.92 Å². The molecule has 3 nitrogen and oxygen atoms in total. The maximum atomic E-state index is 8.47. The standard InChI is InChI=1S/C9H21NO2/c1-4-9(2,3)12-8-6-10-5-7-11/h10-11H,4-8H2,1-3H3. The number of ether oxygens (including phenoxy) is 1. The number of aliphatic hydroxyl groups excluding tert-OH is 1. The second-order valence-corrected chi connectivity index (χ2v) is 3.44. The SMILES string of the molecule is CCC(C)(C)OCCNCCO. The molecule has 0 aromatic heterocycles. The molecule has 0 amide bonds. The van der Waals surface area contributed by atoms with E-state index in [2.05, 4.69) is 26.1 Å². The predicted molar refractivity (Wildman–Crippen MR) is 50.3 cm³/mol. The van der Waals surface area contributed by atoms with Crippen LogP contribution in [0.3, 0.4) is 0 Å². The lowest BCUT2D eigenvalue weighted by Crippen LogP contribution is -2.29. The fourth-order valence-corrected chi connectivity index (χ4v) is 0.706. The number of aliphatic hydroxyl groups is 1. The summed E-state index contributed by atoms with van der Waals surface area (Å²) in [4.78, 5) is 0. The summed E-state index contributed by atoms with van der Waals surface area (Å²) in [6.45, 7) is 8.64.